The number of nitrogens with zero attached hydrogens (tertiary/aromatic N) is 3. The van der Waals surface area contributed by atoms with E-state index in [1.54, 1.807) is 0 Å². The van der Waals surface area contributed by atoms with Crippen molar-refractivity contribution in [1.29, 1.82) is 0 Å². The van der Waals surface area contributed by atoms with Crippen molar-refractivity contribution in [3.63, 3.8) is 0 Å². The molecule has 0 radical (unpaired) electrons. The van der Waals surface area contributed by atoms with Crippen LogP contribution >= 0.6 is 0 Å². The van der Waals surface area contributed by atoms with Crippen molar-refractivity contribution in [2.24, 2.45) is 0 Å². The normalized spacial score (nSPS) is 15.2. The number of hydrogen-bond donors (Lipinski definition) is 0. The van der Waals surface area contributed by atoms with Crippen LogP contribution in [0.4, 0.5) is 0 Å². The molecule has 0 aromatic carbocycles. The van der Waals surface area contributed by atoms with Crippen LogP contribution in [0.1, 0.15) is 42.6 Å². The zero-order chi connectivity index (χ0) is 11.8. The second-order valence-electron chi connectivity index (χ2n) is 4.75. The van der Waals surface area contributed by atoms with Gasteiger partial charge in [0.25, 0.3) is 0 Å². The summed E-state index contributed by atoms with van der Waals surface area (Å²) in [4.78, 5) is 4.44. The van der Waals surface area contributed by atoms with Gasteiger partial charge in [-0.1, -0.05) is 6.92 Å². The summed E-state index contributed by atoms with van der Waals surface area (Å²) in [6.45, 7) is 4.23. The summed E-state index contributed by atoms with van der Waals surface area (Å²) in [5.41, 5.74) is 4.78. The fourth-order valence-corrected chi connectivity index (χ4v) is 2.16. The largest absolute Gasteiger partial charge is 0.261 e. The van der Waals surface area contributed by atoms with Crippen molar-refractivity contribution in [1.82, 2.24) is 14.8 Å². The van der Waals surface area contributed by atoms with Crippen LogP contribution in [-0.2, 0) is 6.42 Å². The van der Waals surface area contributed by atoms with Gasteiger partial charge < -0.3 is 0 Å². The molecule has 0 spiro atoms. The van der Waals surface area contributed by atoms with E-state index in [0.29, 0.717) is 5.92 Å². The van der Waals surface area contributed by atoms with Crippen molar-refractivity contribution in [3.05, 3.63) is 41.5 Å². The molecule has 0 unspecified atom stereocenters. The van der Waals surface area contributed by atoms with Crippen LogP contribution in [0.15, 0.2) is 24.5 Å². The van der Waals surface area contributed by atoms with Gasteiger partial charge in [0.1, 0.15) is 0 Å². The van der Waals surface area contributed by atoms with E-state index in [-0.39, 0.29) is 0 Å². The topological polar surface area (TPSA) is 30.7 Å². The van der Waals surface area contributed by atoms with E-state index in [0.717, 1.165) is 17.8 Å². The van der Waals surface area contributed by atoms with Gasteiger partial charge in [-0.2, -0.15) is 5.10 Å². The van der Waals surface area contributed by atoms with E-state index in [1.807, 2.05) is 16.9 Å². The van der Waals surface area contributed by atoms with Crippen LogP contribution in [0.5, 0.6) is 0 Å². The Hall–Kier alpha value is -1.64. The van der Waals surface area contributed by atoms with Crippen LogP contribution in [0.2, 0.25) is 0 Å². The van der Waals surface area contributed by atoms with Gasteiger partial charge in [0, 0.05) is 24.0 Å². The molecule has 3 heteroatoms. The Morgan fingerprint density at radius 1 is 1.41 bits per heavy atom. The molecule has 88 valence electrons. The second kappa shape index (κ2) is 3.99. The minimum absolute atomic E-state index is 0.692. The first-order chi connectivity index (χ1) is 8.28. The molecule has 1 fully saturated rings. The highest BCUT2D eigenvalue weighted by Crippen LogP contribution is 2.39. The van der Waals surface area contributed by atoms with Crippen LogP contribution in [0, 0.1) is 6.92 Å². The standard InChI is InChI=1S/C14H17N3/c1-3-11-9-17(16-10(11)2)13-6-7-15-14(8-13)12-4-5-12/h6-9,12H,3-5H2,1-2H3. The lowest BCUT2D eigenvalue weighted by atomic mass is 10.2. The van der Waals surface area contributed by atoms with Crippen molar-refractivity contribution in [2.45, 2.75) is 39.0 Å². The Bertz CT molecular complexity index is 538. The number of rotatable bonds is 3. The molecule has 1 aliphatic carbocycles. The summed E-state index contributed by atoms with van der Waals surface area (Å²) in [5, 5.41) is 4.56. The molecule has 2 aromatic rings. The molecule has 0 N–H and O–H groups in total. The van der Waals surface area contributed by atoms with E-state index in [1.165, 1.54) is 24.1 Å². The predicted octanol–water partition coefficient (Wildman–Crippen LogP) is 3.02. The zero-order valence-corrected chi connectivity index (χ0v) is 10.3. The third kappa shape index (κ3) is 1.97. The molecule has 17 heavy (non-hydrogen) atoms. The smallest absolute Gasteiger partial charge is 0.0679 e. The average Bonchev–Trinajstić information content (AvgIpc) is 3.13. The first-order valence-corrected chi connectivity index (χ1v) is 6.29. The Morgan fingerprint density at radius 2 is 2.24 bits per heavy atom. The minimum atomic E-state index is 0.692. The Balaban J connectivity index is 1.98. The van der Waals surface area contributed by atoms with Crippen molar-refractivity contribution >= 4 is 0 Å². The zero-order valence-electron chi connectivity index (χ0n) is 10.3. The second-order valence-corrected chi connectivity index (χ2v) is 4.75. The fourth-order valence-electron chi connectivity index (χ4n) is 2.16. The molecule has 2 heterocycles. The quantitative estimate of drug-likeness (QED) is 0.807. The van der Waals surface area contributed by atoms with E-state index in [4.69, 9.17) is 0 Å². The summed E-state index contributed by atoms with van der Waals surface area (Å²) < 4.78 is 1.97. The van der Waals surface area contributed by atoms with Gasteiger partial charge in [-0.25, -0.2) is 4.68 Å². The van der Waals surface area contributed by atoms with Crippen LogP contribution in [0.25, 0.3) is 5.69 Å². The van der Waals surface area contributed by atoms with Crippen molar-refractivity contribution < 1.29 is 0 Å². The van der Waals surface area contributed by atoms with E-state index >= 15 is 0 Å². The molecule has 0 amide bonds. The average molecular weight is 227 g/mol. The van der Waals surface area contributed by atoms with Crippen LogP contribution in [0.3, 0.4) is 0 Å². The molecule has 3 nitrogen and oxygen atoms in total. The molecule has 0 bridgehead atoms. The van der Waals surface area contributed by atoms with Gasteiger partial charge in [0.05, 0.1) is 11.4 Å². The maximum atomic E-state index is 4.56. The summed E-state index contributed by atoms with van der Waals surface area (Å²) in [7, 11) is 0. The van der Waals surface area contributed by atoms with E-state index in [9.17, 15) is 0 Å². The number of pyridine rings is 1. The van der Waals surface area contributed by atoms with E-state index in [2.05, 4.69) is 36.2 Å². The first-order valence-electron chi connectivity index (χ1n) is 6.29. The highest BCUT2D eigenvalue weighted by molar-refractivity contribution is 5.35. The summed E-state index contributed by atoms with van der Waals surface area (Å²) in [6, 6.07) is 4.20. The minimum Gasteiger partial charge on any atom is -0.261 e. The Labute approximate surface area is 101 Å². The molecular weight excluding hydrogens is 210 g/mol. The molecule has 3 rings (SSSR count). The fraction of sp³-hybridized carbons (Fsp3) is 0.429. The van der Waals surface area contributed by atoms with Gasteiger partial charge in [-0.3, -0.25) is 4.98 Å². The summed E-state index contributed by atoms with van der Waals surface area (Å²) >= 11 is 0. The SMILES string of the molecule is CCc1cn(-c2ccnc(C3CC3)c2)nc1C. The number of hydrogen-bond acceptors (Lipinski definition) is 2. The molecular formula is C14H17N3. The Kier molecular flexibility index (Phi) is 2.46. The number of aryl methyl sites for hydroxylation is 2. The maximum Gasteiger partial charge on any atom is 0.0679 e. The predicted molar refractivity (Wildman–Crippen MR) is 67.4 cm³/mol. The highest BCUT2D eigenvalue weighted by Gasteiger charge is 2.25. The lowest BCUT2D eigenvalue weighted by Gasteiger charge is -2.03. The van der Waals surface area contributed by atoms with Crippen molar-refractivity contribution in [3.8, 4) is 5.69 Å². The van der Waals surface area contributed by atoms with E-state index < -0.39 is 0 Å². The Morgan fingerprint density at radius 3 is 2.88 bits per heavy atom. The van der Waals surface area contributed by atoms with Crippen LogP contribution < -0.4 is 0 Å². The molecule has 1 aliphatic rings. The van der Waals surface area contributed by atoms with Gasteiger partial charge in [0.15, 0.2) is 0 Å². The molecule has 0 saturated heterocycles. The van der Waals surface area contributed by atoms with Gasteiger partial charge in [-0.05, 0) is 43.9 Å². The van der Waals surface area contributed by atoms with Gasteiger partial charge in [-0.15, -0.1) is 0 Å². The molecule has 0 atom stereocenters. The van der Waals surface area contributed by atoms with Gasteiger partial charge >= 0.3 is 0 Å². The third-order valence-electron chi connectivity index (χ3n) is 3.41. The van der Waals surface area contributed by atoms with Gasteiger partial charge in [0.2, 0.25) is 0 Å². The maximum absolute atomic E-state index is 4.56. The lowest BCUT2D eigenvalue weighted by Crippen LogP contribution is -1.97. The highest BCUT2D eigenvalue weighted by atomic mass is 15.3. The first kappa shape index (κ1) is 10.5. The molecule has 2 aromatic heterocycles. The summed E-state index contributed by atoms with van der Waals surface area (Å²) in [6.07, 6.45) is 7.63. The summed E-state index contributed by atoms with van der Waals surface area (Å²) in [5.74, 6) is 0.692. The third-order valence-corrected chi connectivity index (χ3v) is 3.41. The number of aromatic nitrogens is 3. The van der Waals surface area contributed by atoms with Crippen LogP contribution in [-0.4, -0.2) is 14.8 Å². The monoisotopic (exact) mass is 227 g/mol. The molecule has 1 saturated carbocycles. The van der Waals surface area contributed by atoms with Crippen molar-refractivity contribution in [2.75, 3.05) is 0 Å². The molecule has 0 aliphatic heterocycles. The lowest BCUT2D eigenvalue weighted by molar-refractivity contribution is 0.853.